The Morgan fingerprint density at radius 3 is 1.05 bits per heavy atom. The Morgan fingerprint density at radius 2 is 0.741 bits per heavy atom. The van der Waals surface area contributed by atoms with Gasteiger partial charge >= 0.3 is 0 Å². The lowest BCUT2D eigenvalue weighted by Crippen LogP contribution is -2.19. The smallest absolute Gasteiger partial charge is 0.204 e. The summed E-state index contributed by atoms with van der Waals surface area (Å²) in [5.41, 5.74) is 1.87. The highest BCUT2D eigenvalue weighted by molar-refractivity contribution is 7.91. The molecular weight excluding hydrogens is 731 g/mol. The van der Waals surface area contributed by atoms with Gasteiger partial charge in [0.25, 0.3) is 0 Å². The normalized spacial score (nSPS) is 13.0. The minimum Gasteiger partial charge on any atom is -0.382 e. The van der Waals surface area contributed by atoms with Crippen LogP contribution in [0.5, 0.6) is 0 Å². The van der Waals surface area contributed by atoms with Crippen molar-refractivity contribution < 1.29 is 13.5 Å². The second kappa shape index (κ2) is 35.6. The summed E-state index contributed by atoms with van der Waals surface area (Å²) in [5, 5.41) is 13.8. The van der Waals surface area contributed by atoms with Crippen LogP contribution in [0.3, 0.4) is 0 Å². The molecule has 0 radical (unpaired) electrons. The number of hydrogen-bond acceptors (Lipinski definition) is 4. The van der Waals surface area contributed by atoms with Crippen molar-refractivity contribution in [1.82, 2.24) is 0 Å². The van der Waals surface area contributed by atoms with Crippen molar-refractivity contribution in [3.63, 3.8) is 0 Å². The van der Waals surface area contributed by atoms with Gasteiger partial charge in [-0.05, 0) is 54.7 Å². The molecule has 2 unspecified atom stereocenters. The molecule has 0 aliphatic heterocycles. The molecule has 0 fully saturated rings. The lowest BCUT2D eigenvalue weighted by molar-refractivity contribution is 0.244. The highest BCUT2D eigenvalue weighted by Gasteiger charge is 2.23. The van der Waals surface area contributed by atoms with E-state index in [1.165, 1.54) is 218 Å². The topological polar surface area (TPSA) is 66.4 Å². The van der Waals surface area contributed by atoms with E-state index in [2.05, 4.69) is 49.5 Å². The molecule has 0 aliphatic rings. The average Bonchev–Trinajstić information content (AvgIpc) is 3.24. The molecule has 2 aromatic carbocycles. The van der Waals surface area contributed by atoms with E-state index in [0.29, 0.717) is 6.04 Å². The first kappa shape index (κ1) is 52.0. The number of benzene rings is 2. The summed E-state index contributed by atoms with van der Waals surface area (Å²) in [6.45, 7) is 6.27. The van der Waals surface area contributed by atoms with Gasteiger partial charge in [-0.15, -0.1) is 0 Å². The van der Waals surface area contributed by atoms with Crippen LogP contribution in [0.1, 0.15) is 250 Å². The van der Waals surface area contributed by atoms with Crippen LogP contribution in [0.4, 0.5) is 5.69 Å². The number of nitrogens with one attached hydrogen (secondary N) is 1. The Morgan fingerprint density at radius 1 is 0.448 bits per heavy atom. The molecule has 0 saturated heterocycles. The van der Waals surface area contributed by atoms with Crippen LogP contribution in [-0.2, 0) is 9.84 Å². The summed E-state index contributed by atoms with van der Waals surface area (Å²) in [7, 11) is -3.70. The second-order valence-electron chi connectivity index (χ2n) is 17.6. The van der Waals surface area contributed by atoms with Crippen molar-refractivity contribution in [3.05, 3.63) is 59.7 Å². The summed E-state index contributed by atoms with van der Waals surface area (Å²) in [4.78, 5) is 0.160. The van der Waals surface area contributed by atoms with Crippen LogP contribution in [0.25, 0.3) is 12.2 Å². The van der Waals surface area contributed by atoms with Gasteiger partial charge < -0.3 is 10.4 Å². The Balaban J connectivity index is 1.72. The van der Waals surface area contributed by atoms with E-state index in [1.54, 1.807) is 31.2 Å². The van der Waals surface area contributed by atoms with E-state index < -0.39 is 15.3 Å². The van der Waals surface area contributed by atoms with E-state index >= 15 is 0 Å². The van der Waals surface area contributed by atoms with Gasteiger partial charge in [-0.25, -0.2) is 8.42 Å². The fourth-order valence-corrected chi connectivity index (χ4v) is 9.52. The molecular formula is C53H91NO3S. The van der Waals surface area contributed by atoms with E-state index in [1.807, 2.05) is 6.08 Å². The van der Waals surface area contributed by atoms with E-state index in [9.17, 15) is 13.5 Å². The first-order valence-electron chi connectivity index (χ1n) is 25.0. The molecule has 0 bridgehead atoms. The molecule has 2 aromatic rings. The summed E-state index contributed by atoms with van der Waals surface area (Å²) < 4.78 is 24.9. The molecule has 5 heteroatoms. The Bertz CT molecular complexity index is 1340. The summed E-state index contributed by atoms with van der Waals surface area (Å²) in [6.07, 6.45) is 50.4. The number of sulfone groups is 1. The Kier molecular flexibility index (Phi) is 32.0. The zero-order valence-corrected chi connectivity index (χ0v) is 39.0. The van der Waals surface area contributed by atoms with E-state index in [-0.39, 0.29) is 11.3 Å². The average molecular weight is 822 g/mol. The number of aliphatic hydroxyl groups excluding tert-OH is 1. The summed E-state index contributed by atoms with van der Waals surface area (Å²) in [5.74, 6) is 0. The first-order valence-corrected chi connectivity index (χ1v) is 26.5. The van der Waals surface area contributed by atoms with Gasteiger partial charge in [0.05, 0.1) is 4.90 Å². The molecule has 2 atom stereocenters. The minimum absolute atomic E-state index is 0.160. The third-order valence-corrected chi connectivity index (χ3v) is 14.2. The SMILES string of the molecule is CCCCCCCCCCCCCCCCCCC(CCCCCCCCCCCCCCCCC)Nc1ccc(C=Cc2ccc(S(=O)(=O)C(O)CC)cc2)cc1. The molecule has 0 amide bonds. The van der Waals surface area contributed by atoms with Gasteiger partial charge in [-0.1, -0.05) is 256 Å². The van der Waals surface area contributed by atoms with Gasteiger partial charge in [0, 0.05) is 11.7 Å². The van der Waals surface area contributed by atoms with Crippen molar-refractivity contribution in [2.75, 3.05) is 5.32 Å². The monoisotopic (exact) mass is 822 g/mol. The van der Waals surface area contributed by atoms with Crippen LogP contribution in [-0.4, -0.2) is 25.0 Å². The zero-order chi connectivity index (χ0) is 41.8. The molecule has 0 spiro atoms. The number of anilines is 1. The molecule has 0 aliphatic carbocycles. The van der Waals surface area contributed by atoms with Crippen molar-refractivity contribution in [2.45, 2.75) is 255 Å². The number of aliphatic hydroxyl groups is 1. The fraction of sp³-hybridized carbons (Fsp3) is 0.736. The van der Waals surface area contributed by atoms with Gasteiger partial charge in [-0.2, -0.15) is 0 Å². The van der Waals surface area contributed by atoms with Crippen LogP contribution in [0.2, 0.25) is 0 Å². The predicted octanol–water partition coefficient (Wildman–Crippen LogP) is 17.1. The zero-order valence-electron chi connectivity index (χ0n) is 38.1. The predicted molar refractivity (Wildman–Crippen MR) is 256 cm³/mol. The fourth-order valence-electron chi connectivity index (χ4n) is 8.25. The van der Waals surface area contributed by atoms with Gasteiger partial charge in [-0.3, -0.25) is 0 Å². The van der Waals surface area contributed by atoms with Crippen LogP contribution < -0.4 is 5.32 Å². The number of hydrogen-bond donors (Lipinski definition) is 2. The van der Waals surface area contributed by atoms with Crippen molar-refractivity contribution in [3.8, 4) is 0 Å². The number of rotatable bonds is 40. The van der Waals surface area contributed by atoms with E-state index in [0.717, 1.165) is 11.1 Å². The summed E-state index contributed by atoms with van der Waals surface area (Å²) >= 11 is 0. The van der Waals surface area contributed by atoms with Gasteiger partial charge in [0.1, 0.15) is 0 Å². The van der Waals surface area contributed by atoms with Crippen LogP contribution >= 0.6 is 0 Å². The molecule has 0 heterocycles. The maximum absolute atomic E-state index is 12.5. The van der Waals surface area contributed by atoms with Crippen molar-refractivity contribution in [1.29, 1.82) is 0 Å². The third kappa shape index (κ3) is 26.2. The molecule has 2 N–H and O–H groups in total. The number of unbranched alkanes of at least 4 members (excludes halogenated alkanes) is 29. The largest absolute Gasteiger partial charge is 0.382 e. The van der Waals surface area contributed by atoms with Crippen molar-refractivity contribution >= 4 is 27.7 Å². The molecule has 332 valence electrons. The third-order valence-electron chi connectivity index (χ3n) is 12.2. The lowest BCUT2D eigenvalue weighted by Gasteiger charge is -2.20. The lowest BCUT2D eigenvalue weighted by atomic mass is 9.99. The molecule has 0 saturated carbocycles. The maximum atomic E-state index is 12.5. The minimum atomic E-state index is -3.70. The Labute approximate surface area is 360 Å². The highest BCUT2D eigenvalue weighted by Crippen LogP contribution is 2.22. The Hall–Kier alpha value is -2.11. The standard InChI is InChI=1S/C53H91NO3S/c1-4-7-9-11-13-15-17-19-21-23-25-27-29-31-33-35-37-50(36-34-32-30-28-26-24-22-20-18-16-14-12-10-8-5-2)54-51-44-40-48(41-45-51)38-39-49-42-46-52(47-43-49)58(56,57)53(55)6-3/h38-47,50,53-55H,4-37H2,1-3H3. The van der Waals surface area contributed by atoms with E-state index in [4.69, 9.17) is 0 Å². The summed E-state index contributed by atoms with van der Waals surface area (Å²) in [6, 6.07) is 16.0. The van der Waals surface area contributed by atoms with Gasteiger partial charge in [0.2, 0.25) is 9.84 Å². The maximum Gasteiger partial charge on any atom is 0.204 e. The van der Waals surface area contributed by atoms with Gasteiger partial charge in [0.15, 0.2) is 5.44 Å². The molecule has 58 heavy (non-hydrogen) atoms. The molecule has 0 aromatic heterocycles. The quantitative estimate of drug-likeness (QED) is 0.0519. The van der Waals surface area contributed by atoms with Crippen molar-refractivity contribution in [2.24, 2.45) is 0 Å². The van der Waals surface area contributed by atoms with Crippen LogP contribution in [0, 0.1) is 0 Å². The molecule has 4 nitrogen and oxygen atoms in total. The molecule has 2 rings (SSSR count). The second-order valence-corrected chi connectivity index (χ2v) is 19.7. The first-order chi connectivity index (χ1) is 28.4. The van der Waals surface area contributed by atoms with Crippen LogP contribution in [0.15, 0.2) is 53.4 Å². The highest BCUT2D eigenvalue weighted by atomic mass is 32.2.